The summed E-state index contributed by atoms with van der Waals surface area (Å²) in [6.45, 7) is 0.683. The number of methoxy groups -OCH3 is 1. The molecule has 1 aromatic carbocycles. The Morgan fingerprint density at radius 1 is 1.42 bits per heavy atom. The van der Waals surface area contributed by atoms with Crippen molar-refractivity contribution < 1.29 is 14.6 Å². The number of ether oxygens (including phenoxy) is 1. The van der Waals surface area contributed by atoms with Crippen LogP contribution in [0.25, 0.3) is 0 Å². The molecule has 1 aliphatic carbocycles. The molecular weight excluding hydrogens is 242 g/mol. The zero-order chi connectivity index (χ0) is 13.7. The van der Waals surface area contributed by atoms with E-state index in [0.717, 1.165) is 24.0 Å². The molecule has 0 saturated carbocycles. The number of carbonyl (C=O) groups is 1. The van der Waals surface area contributed by atoms with Gasteiger partial charge in [-0.1, -0.05) is 24.3 Å². The summed E-state index contributed by atoms with van der Waals surface area (Å²) >= 11 is 0. The van der Waals surface area contributed by atoms with E-state index in [1.54, 1.807) is 7.11 Å². The standard InChI is InChI=1S/C15H21NO3/c1-19-9-5-4-8-14(18)16-15-12-7-3-2-6-11(12)10-13(15)17/h2-3,6-7,13,15,17H,4-5,8-10H2,1H3,(H,16,18)/t13-,15+/m1/s1. The van der Waals surface area contributed by atoms with E-state index in [4.69, 9.17) is 4.74 Å². The summed E-state index contributed by atoms with van der Waals surface area (Å²) in [7, 11) is 1.66. The van der Waals surface area contributed by atoms with Gasteiger partial charge in [0.1, 0.15) is 0 Å². The third-order valence-electron chi connectivity index (χ3n) is 3.52. The Kier molecular flexibility index (Phi) is 4.93. The van der Waals surface area contributed by atoms with Crippen molar-refractivity contribution in [3.8, 4) is 0 Å². The van der Waals surface area contributed by atoms with Crippen LogP contribution >= 0.6 is 0 Å². The van der Waals surface area contributed by atoms with Crippen molar-refractivity contribution in [3.63, 3.8) is 0 Å². The average molecular weight is 263 g/mol. The summed E-state index contributed by atoms with van der Waals surface area (Å²) < 4.78 is 4.95. The van der Waals surface area contributed by atoms with Crippen molar-refractivity contribution in [2.75, 3.05) is 13.7 Å². The lowest BCUT2D eigenvalue weighted by atomic mass is 10.1. The highest BCUT2D eigenvalue weighted by atomic mass is 16.5. The van der Waals surface area contributed by atoms with Crippen LogP contribution in [-0.2, 0) is 16.0 Å². The normalized spacial score (nSPS) is 21.2. The molecule has 19 heavy (non-hydrogen) atoms. The molecule has 2 N–H and O–H groups in total. The predicted octanol–water partition coefficient (Wildman–Crippen LogP) is 1.58. The number of hydrogen-bond acceptors (Lipinski definition) is 3. The van der Waals surface area contributed by atoms with Crippen LogP contribution in [0.3, 0.4) is 0 Å². The van der Waals surface area contributed by atoms with Gasteiger partial charge in [0.05, 0.1) is 12.1 Å². The summed E-state index contributed by atoms with van der Waals surface area (Å²) in [6.07, 6.45) is 2.28. The van der Waals surface area contributed by atoms with Gasteiger partial charge in [0.25, 0.3) is 0 Å². The van der Waals surface area contributed by atoms with Gasteiger partial charge in [0, 0.05) is 26.6 Å². The Hall–Kier alpha value is -1.39. The van der Waals surface area contributed by atoms with Crippen LogP contribution in [0.2, 0.25) is 0 Å². The fraction of sp³-hybridized carbons (Fsp3) is 0.533. The molecule has 0 bridgehead atoms. The van der Waals surface area contributed by atoms with Crippen LogP contribution < -0.4 is 5.32 Å². The molecule has 0 unspecified atom stereocenters. The Bertz CT molecular complexity index is 433. The quantitative estimate of drug-likeness (QED) is 0.766. The van der Waals surface area contributed by atoms with E-state index in [1.165, 1.54) is 0 Å². The highest BCUT2D eigenvalue weighted by molar-refractivity contribution is 5.76. The number of nitrogens with one attached hydrogen (secondary N) is 1. The number of rotatable bonds is 6. The highest BCUT2D eigenvalue weighted by Crippen LogP contribution is 2.31. The molecule has 2 atom stereocenters. The summed E-state index contributed by atoms with van der Waals surface area (Å²) in [5.74, 6) is -0.00291. The van der Waals surface area contributed by atoms with Crippen LogP contribution in [0.5, 0.6) is 0 Å². The minimum atomic E-state index is -0.514. The number of aliphatic hydroxyl groups excluding tert-OH is 1. The largest absolute Gasteiger partial charge is 0.390 e. The van der Waals surface area contributed by atoms with E-state index in [-0.39, 0.29) is 11.9 Å². The smallest absolute Gasteiger partial charge is 0.220 e. The van der Waals surface area contributed by atoms with Crippen LogP contribution in [0.4, 0.5) is 0 Å². The molecule has 0 heterocycles. The minimum absolute atomic E-state index is 0.00291. The van der Waals surface area contributed by atoms with Gasteiger partial charge >= 0.3 is 0 Å². The van der Waals surface area contributed by atoms with Crippen molar-refractivity contribution >= 4 is 5.91 Å². The lowest BCUT2D eigenvalue weighted by Crippen LogP contribution is -2.33. The second-order valence-corrected chi connectivity index (χ2v) is 4.97. The maximum absolute atomic E-state index is 11.9. The molecular formula is C15H21NO3. The van der Waals surface area contributed by atoms with E-state index >= 15 is 0 Å². The van der Waals surface area contributed by atoms with Crippen LogP contribution in [0, 0.1) is 0 Å². The van der Waals surface area contributed by atoms with E-state index in [9.17, 15) is 9.90 Å². The van der Waals surface area contributed by atoms with E-state index in [0.29, 0.717) is 19.4 Å². The number of carbonyl (C=O) groups excluding carboxylic acids is 1. The minimum Gasteiger partial charge on any atom is -0.390 e. The molecule has 4 heteroatoms. The molecule has 0 fully saturated rings. The van der Waals surface area contributed by atoms with Crippen LogP contribution in [0.15, 0.2) is 24.3 Å². The maximum Gasteiger partial charge on any atom is 0.220 e. The van der Waals surface area contributed by atoms with Gasteiger partial charge in [-0.2, -0.15) is 0 Å². The van der Waals surface area contributed by atoms with Gasteiger partial charge in [-0.25, -0.2) is 0 Å². The molecule has 0 radical (unpaired) electrons. The summed E-state index contributed by atoms with van der Waals surface area (Å²) in [5, 5.41) is 13.0. The number of aliphatic hydroxyl groups is 1. The van der Waals surface area contributed by atoms with Crippen molar-refractivity contribution in [1.29, 1.82) is 0 Å². The lowest BCUT2D eigenvalue weighted by molar-refractivity contribution is -0.122. The van der Waals surface area contributed by atoms with Crippen molar-refractivity contribution in [3.05, 3.63) is 35.4 Å². The second-order valence-electron chi connectivity index (χ2n) is 4.97. The van der Waals surface area contributed by atoms with Gasteiger partial charge in [0.15, 0.2) is 0 Å². The first-order valence-electron chi connectivity index (χ1n) is 6.76. The molecule has 0 saturated heterocycles. The molecule has 0 spiro atoms. The van der Waals surface area contributed by atoms with Crippen LogP contribution in [-0.4, -0.2) is 30.8 Å². The molecule has 2 rings (SSSR count). The molecule has 0 aromatic heterocycles. The number of fused-ring (bicyclic) bond motifs is 1. The number of amides is 1. The lowest BCUT2D eigenvalue weighted by Gasteiger charge is -2.17. The summed E-state index contributed by atoms with van der Waals surface area (Å²) in [6, 6.07) is 7.62. The number of unbranched alkanes of at least 4 members (excludes halogenated alkanes) is 1. The highest BCUT2D eigenvalue weighted by Gasteiger charge is 2.31. The number of hydrogen-bond donors (Lipinski definition) is 2. The Morgan fingerprint density at radius 2 is 2.21 bits per heavy atom. The first kappa shape index (κ1) is 14.0. The topological polar surface area (TPSA) is 58.6 Å². The summed E-state index contributed by atoms with van der Waals surface area (Å²) in [4.78, 5) is 11.9. The van der Waals surface area contributed by atoms with Crippen LogP contribution in [0.1, 0.15) is 36.4 Å². The van der Waals surface area contributed by atoms with Gasteiger partial charge < -0.3 is 15.2 Å². The Morgan fingerprint density at radius 3 is 3.00 bits per heavy atom. The Labute approximate surface area is 113 Å². The van der Waals surface area contributed by atoms with Crippen molar-refractivity contribution in [2.45, 2.75) is 37.8 Å². The maximum atomic E-state index is 11.9. The zero-order valence-corrected chi connectivity index (χ0v) is 11.3. The first-order chi connectivity index (χ1) is 9.22. The zero-order valence-electron chi connectivity index (χ0n) is 11.3. The summed E-state index contributed by atoms with van der Waals surface area (Å²) in [5.41, 5.74) is 2.17. The number of benzene rings is 1. The van der Waals surface area contributed by atoms with Crippen molar-refractivity contribution in [1.82, 2.24) is 5.32 Å². The first-order valence-corrected chi connectivity index (χ1v) is 6.76. The molecule has 1 aromatic rings. The third kappa shape index (κ3) is 3.55. The fourth-order valence-corrected chi connectivity index (χ4v) is 2.53. The molecule has 0 aliphatic heterocycles. The van der Waals surface area contributed by atoms with E-state index in [2.05, 4.69) is 5.32 Å². The van der Waals surface area contributed by atoms with E-state index in [1.807, 2.05) is 24.3 Å². The van der Waals surface area contributed by atoms with Gasteiger partial charge in [-0.15, -0.1) is 0 Å². The monoisotopic (exact) mass is 263 g/mol. The molecule has 1 amide bonds. The predicted molar refractivity (Wildman–Crippen MR) is 72.8 cm³/mol. The second kappa shape index (κ2) is 6.68. The van der Waals surface area contributed by atoms with Gasteiger partial charge in [-0.05, 0) is 24.0 Å². The average Bonchev–Trinajstić information content (AvgIpc) is 2.72. The van der Waals surface area contributed by atoms with Gasteiger partial charge in [-0.3, -0.25) is 4.79 Å². The van der Waals surface area contributed by atoms with Crippen molar-refractivity contribution in [2.24, 2.45) is 0 Å². The Balaban J connectivity index is 1.87. The molecule has 104 valence electrons. The molecule has 4 nitrogen and oxygen atoms in total. The molecule has 1 aliphatic rings. The van der Waals surface area contributed by atoms with Gasteiger partial charge in [0.2, 0.25) is 5.91 Å². The third-order valence-corrected chi connectivity index (χ3v) is 3.52. The SMILES string of the molecule is COCCCCC(=O)N[C@H]1c2ccccc2C[C@H]1O. The van der Waals surface area contributed by atoms with E-state index < -0.39 is 6.10 Å². The fourth-order valence-electron chi connectivity index (χ4n) is 2.53.